The van der Waals surface area contributed by atoms with Crippen LogP contribution >= 0.6 is 0 Å². The van der Waals surface area contributed by atoms with Gasteiger partial charge in [0.15, 0.2) is 17.1 Å². The van der Waals surface area contributed by atoms with Crippen LogP contribution in [0.3, 0.4) is 0 Å². The van der Waals surface area contributed by atoms with Crippen LogP contribution < -0.4 is 10.2 Å². The first-order valence-corrected chi connectivity index (χ1v) is 9.31. The van der Waals surface area contributed by atoms with Gasteiger partial charge in [-0.25, -0.2) is 0 Å². The topological polar surface area (TPSA) is 150 Å². The number of fused-ring (bicyclic) bond motifs is 5. The van der Waals surface area contributed by atoms with E-state index in [0.29, 0.717) is 11.1 Å². The largest absolute Gasteiger partial charge is 0.508 e. The number of phenols is 2. The standard InChI is InChI=1S/C21H18O9/c22-7-14-17(26)18(27)21-20(30-14)16-13(29-21)6-11(25)15-10(24)5-12(28-19(15)16)8-1-3-9(23)4-2-8/h1-6,14,17-18,20-23,25-27H,7H2/t14-,17+,18+,20-,21+/m1/s1. The Balaban J connectivity index is 1.73. The van der Waals surface area contributed by atoms with Crippen molar-refractivity contribution in [3.05, 3.63) is 52.2 Å². The maximum atomic E-state index is 12.8. The minimum Gasteiger partial charge on any atom is -0.508 e. The molecule has 0 unspecified atom stereocenters. The Morgan fingerprint density at radius 2 is 1.73 bits per heavy atom. The van der Waals surface area contributed by atoms with Gasteiger partial charge >= 0.3 is 0 Å². The molecule has 0 aliphatic carbocycles. The van der Waals surface area contributed by atoms with E-state index in [1.165, 1.54) is 24.3 Å². The highest BCUT2D eigenvalue weighted by atomic mass is 16.6. The molecule has 156 valence electrons. The van der Waals surface area contributed by atoms with Crippen molar-refractivity contribution in [3.63, 3.8) is 0 Å². The molecule has 3 aromatic rings. The maximum Gasteiger partial charge on any atom is 0.197 e. The molecule has 5 rings (SSSR count). The van der Waals surface area contributed by atoms with Gasteiger partial charge < -0.3 is 39.4 Å². The van der Waals surface area contributed by atoms with Gasteiger partial charge in [-0.3, -0.25) is 4.79 Å². The number of aliphatic hydroxyl groups is 3. The number of aromatic hydroxyl groups is 2. The Kier molecular flexibility index (Phi) is 4.23. The fourth-order valence-electron chi connectivity index (χ4n) is 4.05. The van der Waals surface area contributed by atoms with E-state index in [9.17, 15) is 30.3 Å². The number of aliphatic hydroxyl groups excluding tert-OH is 3. The normalized spacial score (nSPS) is 27.5. The molecular formula is C21H18O9. The van der Waals surface area contributed by atoms with Crippen LogP contribution in [0.4, 0.5) is 0 Å². The van der Waals surface area contributed by atoms with Gasteiger partial charge in [0, 0.05) is 17.7 Å². The molecule has 9 heteroatoms. The first-order chi connectivity index (χ1) is 14.4. The fraction of sp³-hybridized carbons (Fsp3) is 0.286. The second-order valence-electron chi connectivity index (χ2n) is 7.37. The third kappa shape index (κ3) is 2.67. The average molecular weight is 414 g/mol. The Hall–Kier alpha value is -3.11. The lowest BCUT2D eigenvalue weighted by Crippen LogP contribution is -2.55. The number of phenolic OH excluding ortho intramolecular Hbond substituents is 2. The molecule has 5 N–H and O–H groups in total. The average Bonchev–Trinajstić information content (AvgIpc) is 3.09. The quantitative estimate of drug-likeness (QED) is 0.410. The van der Waals surface area contributed by atoms with Gasteiger partial charge in [-0.15, -0.1) is 0 Å². The van der Waals surface area contributed by atoms with Crippen LogP contribution in [0.25, 0.3) is 22.3 Å². The Bertz CT molecular complexity index is 1180. The first kappa shape index (κ1) is 18.9. The molecule has 30 heavy (non-hydrogen) atoms. The van der Waals surface area contributed by atoms with Crippen molar-refractivity contribution in [2.24, 2.45) is 0 Å². The molecule has 0 saturated carbocycles. The zero-order chi connectivity index (χ0) is 21.2. The molecule has 1 aromatic heterocycles. The van der Waals surface area contributed by atoms with Crippen LogP contribution in [0, 0.1) is 0 Å². The highest BCUT2D eigenvalue weighted by Crippen LogP contribution is 2.49. The van der Waals surface area contributed by atoms with E-state index in [0.717, 1.165) is 0 Å². The number of rotatable bonds is 2. The zero-order valence-corrected chi connectivity index (χ0v) is 15.4. The summed E-state index contributed by atoms with van der Waals surface area (Å²) in [6, 6.07) is 8.49. The molecule has 0 spiro atoms. The van der Waals surface area contributed by atoms with E-state index < -0.39 is 42.6 Å². The zero-order valence-electron chi connectivity index (χ0n) is 15.4. The Morgan fingerprint density at radius 1 is 1.00 bits per heavy atom. The summed E-state index contributed by atoms with van der Waals surface area (Å²) >= 11 is 0. The molecule has 9 nitrogen and oxygen atoms in total. The highest BCUT2D eigenvalue weighted by Gasteiger charge is 2.52. The van der Waals surface area contributed by atoms with Gasteiger partial charge in [-0.05, 0) is 24.3 Å². The summed E-state index contributed by atoms with van der Waals surface area (Å²) in [5.41, 5.74) is 0.342. The van der Waals surface area contributed by atoms with Crippen LogP contribution in [0.2, 0.25) is 0 Å². The molecule has 2 aliphatic rings. The van der Waals surface area contributed by atoms with E-state index in [1.54, 1.807) is 12.1 Å². The van der Waals surface area contributed by atoms with Crippen molar-refractivity contribution >= 4 is 11.0 Å². The predicted molar refractivity (Wildman–Crippen MR) is 102 cm³/mol. The summed E-state index contributed by atoms with van der Waals surface area (Å²) < 4.78 is 17.4. The van der Waals surface area contributed by atoms with E-state index in [2.05, 4.69) is 0 Å². The molecule has 5 atom stereocenters. The van der Waals surface area contributed by atoms with Crippen LogP contribution in [-0.4, -0.2) is 56.6 Å². The Morgan fingerprint density at radius 3 is 2.43 bits per heavy atom. The highest BCUT2D eigenvalue weighted by molar-refractivity contribution is 5.90. The molecule has 0 amide bonds. The van der Waals surface area contributed by atoms with Crippen molar-refractivity contribution in [1.29, 1.82) is 0 Å². The third-order valence-corrected chi connectivity index (χ3v) is 5.55. The van der Waals surface area contributed by atoms with Gasteiger partial charge in [0.25, 0.3) is 0 Å². The van der Waals surface area contributed by atoms with Crippen molar-refractivity contribution in [2.45, 2.75) is 30.5 Å². The van der Waals surface area contributed by atoms with Crippen molar-refractivity contribution in [1.82, 2.24) is 0 Å². The fourth-order valence-corrected chi connectivity index (χ4v) is 4.05. The molecule has 3 heterocycles. The summed E-state index contributed by atoms with van der Waals surface area (Å²) in [6.07, 6.45) is -5.74. The predicted octanol–water partition coefficient (Wildman–Crippen LogP) is 0.786. The number of benzene rings is 2. The Labute approximate surface area is 169 Å². The molecule has 0 bridgehead atoms. The minimum atomic E-state index is -1.37. The first-order valence-electron chi connectivity index (χ1n) is 9.31. The number of hydrogen-bond donors (Lipinski definition) is 5. The SMILES string of the molecule is O=c1cc(-c2ccc(O)cc2)oc2c3c(cc(O)c12)O[C@H]1[C@@H](O)[C@@H](O)[C@@H](CO)O[C@H]31. The number of ether oxygens (including phenoxy) is 2. The molecule has 1 fully saturated rings. The van der Waals surface area contributed by atoms with Gasteiger partial charge in [-0.1, -0.05) is 0 Å². The summed E-state index contributed by atoms with van der Waals surface area (Å²) in [6.45, 7) is -0.532. The lowest BCUT2D eigenvalue weighted by Gasteiger charge is -2.38. The van der Waals surface area contributed by atoms with Gasteiger partial charge in [0.1, 0.15) is 52.8 Å². The third-order valence-electron chi connectivity index (χ3n) is 5.55. The molecule has 0 radical (unpaired) electrons. The summed E-state index contributed by atoms with van der Waals surface area (Å²) in [7, 11) is 0. The second kappa shape index (κ2) is 6.71. The lowest BCUT2D eigenvalue weighted by atomic mass is 9.92. The summed E-state index contributed by atoms with van der Waals surface area (Å²) in [4.78, 5) is 12.8. The summed E-state index contributed by atoms with van der Waals surface area (Å²) in [5.74, 6) is 0.0294. The van der Waals surface area contributed by atoms with E-state index >= 15 is 0 Å². The lowest BCUT2D eigenvalue weighted by molar-refractivity contribution is -0.215. The monoisotopic (exact) mass is 414 g/mol. The van der Waals surface area contributed by atoms with Crippen LogP contribution in [0.15, 0.2) is 45.6 Å². The second-order valence-corrected chi connectivity index (χ2v) is 7.37. The van der Waals surface area contributed by atoms with Gasteiger partial charge in [0.05, 0.1) is 12.2 Å². The van der Waals surface area contributed by atoms with E-state index in [-0.39, 0.29) is 34.0 Å². The van der Waals surface area contributed by atoms with Crippen LogP contribution in [-0.2, 0) is 4.74 Å². The minimum absolute atomic E-state index is 0.0216. The molecule has 2 aromatic carbocycles. The molecule has 2 aliphatic heterocycles. The number of hydrogen-bond acceptors (Lipinski definition) is 9. The summed E-state index contributed by atoms with van der Waals surface area (Å²) in [5, 5.41) is 49.9. The van der Waals surface area contributed by atoms with Crippen molar-refractivity contribution < 1.29 is 39.4 Å². The van der Waals surface area contributed by atoms with Crippen molar-refractivity contribution in [3.8, 4) is 28.6 Å². The maximum absolute atomic E-state index is 12.8. The van der Waals surface area contributed by atoms with E-state index in [1.807, 2.05) is 0 Å². The van der Waals surface area contributed by atoms with E-state index in [4.69, 9.17) is 13.9 Å². The van der Waals surface area contributed by atoms with Crippen molar-refractivity contribution in [2.75, 3.05) is 6.61 Å². The molecule has 1 saturated heterocycles. The van der Waals surface area contributed by atoms with Crippen LogP contribution in [0.5, 0.6) is 17.2 Å². The van der Waals surface area contributed by atoms with Crippen LogP contribution in [0.1, 0.15) is 11.7 Å². The van der Waals surface area contributed by atoms with Gasteiger partial charge in [-0.2, -0.15) is 0 Å². The molecular weight excluding hydrogens is 396 g/mol. The smallest absolute Gasteiger partial charge is 0.197 e. The van der Waals surface area contributed by atoms with Gasteiger partial charge in [0.2, 0.25) is 0 Å².